The van der Waals surface area contributed by atoms with Crippen molar-refractivity contribution in [2.75, 3.05) is 7.11 Å². The number of aryl methyl sites for hydroxylation is 1. The van der Waals surface area contributed by atoms with Crippen LogP contribution in [-0.2, 0) is 11.2 Å². The van der Waals surface area contributed by atoms with E-state index in [9.17, 15) is 9.59 Å². The van der Waals surface area contributed by atoms with Gasteiger partial charge < -0.3 is 4.74 Å². The molecule has 0 atom stereocenters. The second kappa shape index (κ2) is 5.58. The summed E-state index contributed by atoms with van der Waals surface area (Å²) >= 11 is 2.78. The lowest BCUT2D eigenvalue weighted by Crippen LogP contribution is -2.07. The highest BCUT2D eigenvalue weighted by atomic mass is 32.1. The van der Waals surface area contributed by atoms with Crippen molar-refractivity contribution in [1.82, 2.24) is 9.97 Å². The lowest BCUT2D eigenvalue weighted by Gasteiger charge is -1.95. The molecule has 5 nitrogen and oxygen atoms in total. The molecule has 0 bridgehead atoms. The number of thiazole rings is 2. The van der Waals surface area contributed by atoms with Gasteiger partial charge >= 0.3 is 5.97 Å². The van der Waals surface area contributed by atoms with Crippen molar-refractivity contribution in [2.45, 2.75) is 20.3 Å². The number of hydrogen-bond donors (Lipinski definition) is 0. The van der Waals surface area contributed by atoms with E-state index in [-0.39, 0.29) is 11.5 Å². The molecule has 0 saturated carbocycles. The maximum atomic E-state index is 11.6. The first kappa shape index (κ1) is 13.8. The maximum Gasteiger partial charge on any atom is 0.358 e. The molecule has 19 heavy (non-hydrogen) atoms. The molecule has 2 heterocycles. The van der Waals surface area contributed by atoms with Gasteiger partial charge in [0.2, 0.25) is 0 Å². The van der Waals surface area contributed by atoms with Crippen molar-refractivity contribution >= 4 is 34.4 Å². The normalized spacial score (nSPS) is 10.5. The van der Waals surface area contributed by atoms with E-state index in [1.165, 1.54) is 25.4 Å². The Labute approximate surface area is 118 Å². The molecule has 0 aromatic carbocycles. The van der Waals surface area contributed by atoms with Crippen LogP contribution in [0.2, 0.25) is 0 Å². The average molecular weight is 296 g/mol. The van der Waals surface area contributed by atoms with Crippen molar-refractivity contribution in [3.8, 4) is 0 Å². The lowest BCUT2D eigenvalue weighted by molar-refractivity contribution is 0.0591. The van der Waals surface area contributed by atoms with Crippen molar-refractivity contribution in [3.63, 3.8) is 0 Å². The van der Waals surface area contributed by atoms with Gasteiger partial charge in [0, 0.05) is 18.7 Å². The highest BCUT2D eigenvalue weighted by molar-refractivity contribution is 7.14. The molecule has 0 radical (unpaired) electrons. The van der Waals surface area contributed by atoms with Gasteiger partial charge in [0.25, 0.3) is 0 Å². The average Bonchev–Trinajstić information content (AvgIpc) is 2.95. The number of carbonyl (C=O) groups excluding carboxylic acids is 2. The van der Waals surface area contributed by atoms with Crippen LogP contribution in [0, 0.1) is 6.92 Å². The minimum absolute atomic E-state index is 0.0990. The fourth-order valence-corrected chi connectivity index (χ4v) is 3.13. The van der Waals surface area contributed by atoms with Gasteiger partial charge in [-0.3, -0.25) is 4.79 Å². The quantitative estimate of drug-likeness (QED) is 0.640. The van der Waals surface area contributed by atoms with E-state index in [2.05, 4.69) is 14.7 Å². The van der Waals surface area contributed by atoms with Gasteiger partial charge in [-0.15, -0.1) is 22.7 Å². The van der Waals surface area contributed by atoms with Gasteiger partial charge in [0.05, 0.1) is 17.8 Å². The van der Waals surface area contributed by atoms with Crippen LogP contribution in [0.5, 0.6) is 0 Å². The van der Waals surface area contributed by atoms with E-state index in [1.807, 2.05) is 12.3 Å². The fourth-order valence-electron chi connectivity index (χ4n) is 1.56. The highest BCUT2D eigenvalue weighted by Crippen LogP contribution is 2.23. The monoisotopic (exact) mass is 296 g/mol. The number of aromatic nitrogens is 2. The lowest BCUT2D eigenvalue weighted by atomic mass is 10.3. The molecule has 0 unspecified atom stereocenters. The van der Waals surface area contributed by atoms with Crippen LogP contribution in [0.1, 0.15) is 42.8 Å². The van der Waals surface area contributed by atoms with E-state index in [0.717, 1.165) is 10.7 Å². The SMILES string of the molecule is COC(=O)c1nc(Cc2csc(C)n2)sc1C(C)=O. The molecule has 0 fully saturated rings. The van der Waals surface area contributed by atoms with Gasteiger partial charge in [-0.05, 0) is 6.92 Å². The van der Waals surface area contributed by atoms with Gasteiger partial charge in [-0.1, -0.05) is 0 Å². The number of hydrogen-bond acceptors (Lipinski definition) is 7. The fraction of sp³-hybridized carbons (Fsp3) is 0.333. The molecule has 0 aliphatic carbocycles. The molecular weight excluding hydrogens is 284 g/mol. The third kappa shape index (κ3) is 3.05. The molecular formula is C12H12N2O3S2. The number of carbonyl (C=O) groups is 2. The number of rotatable bonds is 4. The molecule has 0 amide bonds. The molecule has 0 aliphatic rings. The van der Waals surface area contributed by atoms with Crippen molar-refractivity contribution < 1.29 is 14.3 Å². The second-order valence-corrected chi connectivity index (χ2v) is 6.01. The molecule has 2 aromatic heterocycles. The Morgan fingerprint density at radius 1 is 1.37 bits per heavy atom. The van der Waals surface area contributed by atoms with Gasteiger partial charge in [0.15, 0.2) is 11.5 Å². The van der Waals surface area contributed by atoms with Crippen LogP contribution in [0.3, 0.4) is 0 Å². The molecule has 0 N–H and O–H groups in total. The van der Waals surface area contributed by atoms with Crippen molar-refractivity contribution in [2.24, 2.45) is 0 Å². The van der Waals surface area contributed by atoms with Crippen molar-refractivity contribution in [3.05, 3.63) is 31.7 Å². The van der Waals surface area contributed by atoms with Crippen LogP contribution >= 0.6 is 22.7 Å². The first-order valence-corrected chi connectivity index (χ1v) is 7.21. The Balaban J connectivity index is 2.32. The Kier molecular flexibility index (Phi) is 4.06. The zero-order valence-corrected chi connectivity index (χ0v) is 12.4. The number of methoxy groups -OCH3 is 1. The van der Waals surface area contributed by atoms with Crippen LogP contribution in [0.4, 0.5) is 0 Å². The van der Waals surface area contributed by atoms with Gasteiger partial charge in [-0.2, -0.15) is 0 Å². The molecule has 0 spiro atoms. The van der Waals surface area contributed by atoms with Crippen LogP contribution < -0.4 is 0 Å². The summed E-state index contributed by atoms with van der Waals surface area (Å²) in [4.78, 5) is 31.9. The first-order valence-electron chi connectivity index (χ1n) is 5.51. The molecule has 100 valence electrons. The number of ether oxygens (including phenoxy) is 1. The van der Waals surface area contributed by atoms with E-state index in [0.29, 0.717) is 16.3 Å². The molecule has 0 aliphatic heterocycles. The standard InChI is InChI=1S/C12H12N2O3S2/c1-6(15)11-10(12(16)17-3)14-9(19-11)4-8-5-18-7(2)13-8/h5H,4H2,1-3H3. The maximum absolute atomic E-state index is 11.6. The summed E-state index contributed by atoms with van der Waals surface area (Å²) in [6.45, 7) is 3.34. The summed E-state index contributed by atoms with van der Waals surface area (Å²) in [5.74, 6) is -0.763. The Hall–Kier alpha value is -1.60. The van der Waals surface area contributed by atoms with Gasteiger partial charge in [-0.25, -0.2) is 14.8 Å². The molecule has 0 saturated heterocycles. The van der Waals surface area contributed by atoms with Gasteiger partial charge in [0.1, 0.15) is 9.88 Å². The summed E-state index contributed by atoms with van der Waals surface area (Å²) in [6, 6.07) is 0. The van der Waals surface area contributed by atoms with E-state index in [1.54, 1.807) is 11.3 Å². The Bertz CT molecular complexity index is 631. The summed E-state index contributed by atoms with van der Waals surface area (Å²) < 4.78 is 4.63. The number of esters is 1. The minimum atomic E-state index is -0.581. The molecule has 2 rings (SSSR count). The third-order valence-electron chi connectivity index (χ3n) is 2.37. The Morgan fingerprint density at radius 2 is 2.11 bits per heavy atom. The minimum Gasteiger partial charge on any atom is -0.464 e. The van der Waals surface area contributed by atoms with Crippen LogP contribution in [-0.4, -0.2) is 28.8 Å². The summed E-state index contributed by atoms with van der Waals surface area (Å²) in [7, 11) is 1.27. The zero-order chi connectivity index (χ0) is 14.0. The second-order valence-electron chi connectivity index (χ2n) is 3.87. The summed E-state index contributed by atoms with van der Waals surface area (Å²) in [6.07, 6.45) is 0.520. The molecule has 7 heteroatoms. The predicted molar refractivity (Wildman–Crippen MR) is 73.1 cm³/mol. The predicted octanol–water partition coefficient (Wildman–Crippen LogP) is 2.49. The summed E-state index contributed by atoms with van der Waals surface area (Å²) in [5.41, 5.74) is 0.990. The first-order chi connectivity index (χ1) is 9.01. The number of Topliss-reactive ketones (excluding diaryl/α,β-unsaturated/α-hetero) is 1. The zero-order valence-electron chi connectivity index (χ0n) is 10.7. The number of ketones is 1. The third-order valence-corrected chi connectivity index (χ3v) is 4.35. The molecule has 2 aromatic rings. The van der Waals surface area contributed by atoms with E-state index in [4.69, 9.17) is 0 Å². The number of nitrogens with zero attached hydrogens (tertiary/aromatic N) is 2. The van der Waals surface area contributed by atoms with E-state index >= 15 is 0 Å². The Morgan fingerprint density at radius 3 is 2.63 bits per heavy atom. The topological polar surface area (TPSA) is 69.2 Å². The van der Waals surface area contributed by atoms with E-state index < -0.39 is 5.97 Å². The van der Waals surface area contributed by atoms with Crippen molar-refractivity contribution in [1.29, 1.82) is 0 Å². The smallest absolute Gasteiger partial charge is 0.358 e. The summed E-state index contributed by atoms with van der Waals surface area (Å²) in [5, 5.41) is 3.62. The largest absolute Gasteiger partial charge is 0.464 e. The highest BCUT2D eigenvalue weighted by Gasteiger charge is 2.22. The van der Waals surface area contributed by atoms with Crippen LogP contribution in [0.25, 0.3) is 0 Å². The van der Waals surface area contributed by atoms with Crippen LogP contribution in [0.15, 0.2) is 5.38 Å².